The third-order valence-corrected chi connectivity index (χ3v) is 5.79. The first-order valence-corrected chi connectivity index (χ1v) is 8.98. The third kappa shape index (κ3) is 3.09. The van der Waals surface area contributed by atoms with Gasteiger partial charge in [0.25, 0.3) is 0 Å². The molecule has 0 aliphatic heterocycles. The number of rotatable bonds is 4. The Hall–Kier alpha value is -1.55. The van der Waals surface area contributed by atoms with Crippen molar-refractivity contribution in [1.29, 1.82) is 0 Å². The Kier molecular flexibility index (Phi) is 4.02. The van der Waals surface area contributed by atoms with Crippen LogP contribution in [-0.4, -0.2) is 23.2 Å². The Morgan fingerprint density at radius 3 is 2.39 bits per heavy atom. The van der Waals surface area contributed by atoms with Gasteiger partial charge in [0.2, 0.25) is 5.91 Å². The van der Waals surface area contributed by atoms with Crippen molar-refractivity contribution >= 4 is 11.6 Å². The highest BCUT2D eigenvalue weighted by atomic mass is 16.5. The summed E-state index contributed by atoms with van der Waals surface area (Å²) in [5.74, 6) is 2.47. The topological polar surface area (TPSA) is 58.6 Å². The van der Waals surface area contributed by atoms with E-state index in [0.717, 1.165) is 37.1 Å². The third-order valence-electron chi connectivity index (χ3n) is 5.79. The lowest BCUT2D eigenvalue weighted by molar-refractivity contribution is -0.118. The van der Waals surface area contributed by atoms with Gasteiger partial charge in [-0.05, 0) is 68.2 Å². The molecule has 4 rings (SSSR count). The van der Waals surface area contributed by atoms with Gasteiger partial charge in [-0.15, -0.1) is 0 Å². The van der Waals surface area contributed by atoms with Crippen molar-refractivity contribution in [1.82, 2.24) is 0 Å². The number of nitrogens with one attached hydrogen (secondary N) is 1. The van der Waals surface area contributed by atoms with E-state index in [2.05, 4.69) is 5.32 Å². The number of aliphatic hydroxyl groups is 1. The highest BCUT2D eigenvalue weighted by Crippen LogP contribution is 2.57. The molecule has 1 amide bonds. The normalized spacial score (nSPS) is 35.4. The smallest absolute Gasteiger partial charge is 0.228 e. The molecule has 0 heterocycles. The van der Waals surface area contributed by atoms with Crippen LogP contribution in [0.2, 0.25) is 0 Å². The summed E-state index contributed by atoms with van der Waals surface area (Å²) in [7, 11) is 0. The molecule has 0 bridgehead atoms. The van der Waals surface area contributed by atoms with Crippen molar-refractivity contribution in [2.24, 2.45) is 17.8 Å². The Bertz CT molecular complexity index is 560. The first-order valence-electron chi connectivity index (χ1n) is 8.98. The SMILES string of the molecule is O=C(Nc1ccc(OC2CCCCC2O)cc1)C1C2CCCC21. The van der Waals surface area contributed by atoms with Crippen molar-refractivity contribution in [3.05, 3.63) is 24.3 Å². The van der Waals surface area contributed by atoms with E-state index in [9.17, 15) is 9.90 Å². The maximum absolute atomic E-state index is 12.3. The van der Waals surface area contributed by atoms with Crippen molar-refractivity contribution in [2.45, 2.75) is 57.2 Å². The zero-order valence-corrected chi connectivity index (χ0v) is 13.4. The van der Waals surface area contributed by atoms with Crippen LogP contribution in [0.15, 0.2) is 24.3 Å². The van der Waals surface area contributed by atoms with Crippen LogP contribution in [0.4, 0.5) is 5.69 Å². The molecular weight excluding hydrogens is 290 g/mol. The number of anilines is 1. The largest absolute Gasteiger partial charge is 0.488 e. The fourth-order valence-electron chi connectivity index (χ4n) is 4.44. The van der Waals surface area contributed by atoms with Gasteiger partial charge in [-0.3, -0.25) is 4.79 Å². The molecule has 0 spiro atoms. The second-order valence-corrected chi connectivity index (χ2v) is 7.31. The molecule has 4 heteroatoms. The molecular formula is C19H25NO3. The van der Waals surface area contributed by atoms with Gasteiger partial charge in [-0.25, -0.2) is 0 Å². The first-order chi connectivity index (χ1) is 11.2. The quantitative estimate of drug-likeness (QED) is 0.896. The number of ether oxygens (including phenoxy) is 1. The summed E-state index contributed by atoms with van der Waals surface area (Å²) in [4.78, 5) is 12.3. The summed E-state index contributed by atoms with van der Waals surface area (Å²) in [6.07, 6.45) is 7.19. The van der Waals surface area contributed by atoms with Crippen molar-refractivity contribution in [3.8, 4) is 5.75 Å². The molecule has 1 aromatic rings. The molecule has 23 heavy (non-hydrogen) atoms. The maximum Gasteiger partial charge on any atom is 0.228 e. The van der Waals surface area contributed by atoms with Crippen LogP contribution in [-0.2, 0) is 4.79 Å². The van der Waals surface area contributed by atoms with Gasteiger partial charge in [0.15, 0.2) is 0 Å². The van der Waals surface area contributed by atoms with Crippen LogP contribution < -0.4 is 10.1 Å². The van der Waals surface area contributed by atoms with E-state index < -0.39 is 0 Å². The van der Waals surface area contributed by atoms with Gasteiger partial charge >= 0.3 is 0 Å². The van der Waals surface area contributed by atoms with Crippen LogP contribution in [0, 0.1) is 17.8 Å². The zero-order chi connectivity index (χ0) is 15.8. The predicted octanol–water partition coefficient (Wildman–Crippen LogP) is 3.35. The van der Waals surface area contributed by atoms with Crippen LogP contribution in [0.5, 0.6) is 5.75 Å². The van der Waals surface area contributed by atoms with E-state index in [1.165, 1.54) is 19.3 Å². The summed E-state index contributed by atoms with van der Waals surface area (Å²) >= 11 is 0. The summed E-state index contributed by atoms with van der Waals surface area (Å²) in [6, 6.07) is 7.54. The number of carbonyl (C=O) groups is 1. The van der Waals surface area contributed by atoms with Gasteiger partial charge in [-0.2, -0.15) is 0 Å². The van der Waals surface area contributed by atoms with Crippen molar-refractivity contribution in [3.63, 3.8) is 0 Å². The molecule has 124 valence electrons. The highest BCUT2D eigenvalue weighted by molar-refractivity contribution is 5.95. The van der Waals surface area contributed by atoms with Crippen LogP contribution in [0.3, 0.4) is 0 Å². The maximum atomic E-state index is 12.3. The molecule has 1 aromatic carbocycles. The monoisotopic (exact) mass is 315 g/mol. The van der Waals surface area contributed by atoms with Gasteiger partial charge in [0.05, 0.1) is 6.10 Å². The lowest BCUT2D eigenvalue weighted by Crippen LogP contribution is -2.34. The molecule has 4 atom stereocenters. The molecule has 4 nitrogen and oxygen atoms in total. The minimum atomic E-state index is -0.364. The standard InChI is InChI=1S/C19H25NO3/c21-16-6-1-2-7-17(16)23-13-10-8-12(9-11-13)20-19(22)18-14-4-3-5-15(14)18/h8-11,14-18,21H,1-7H2,(H,20,22). The predicted molar refractivity (Wildman–Crippen MR) is 88.3 cm³/mol. The molecule has 3 saturated carbocycles. The lowest BCUT2D eigenvalue weighted by Gasteiger charge is -2.28. The molecule has 4 unspecified atom stereocenters. The van der Waals surface area contributed by atoms with Crippen LogP contribution in [0.25, 0.3) is 0 Å². The van der Waals surface area contributed by atoms with E-state index in [-0.39, 0.29) is 24.0 Å². The number of hydrogen-bond acceptors (Lipinski definition) is 3. The van der Waals surface area contributed by atoms with E-state index in [4.69, 9.17) is 4.74 Å². The lowest BCUT2D eigenvalue weighted by atomic mass is 9.95. The summed E-state index contributed by atoms with van der Waals surface area (Å²) < 4.78 is 5.89. The number of aliphatic hydroxyl groups excluding tert-OH is 1. The van der Waals surface area contributed by atoms with E-state index >= 15 is 0 Å². The Morgan fingerprint density at radius 1 is 1.00 bits per heavy atom. The average Bonchev–Trinajstić information content (AvgIpc) is 3.05. The number of hydrogen-bond donors (Lipinski definition) is 2. The van der Waals surface area contributed by atoms with Crippen LogP contribution >= 0.6 is 0 Å². The van der Waals surface area contributed by atoms with Gasteiger partial charge in [0, 0.05) is 11.6 Å². The van der Waals surface area contributed by atoms with Crippen molar-refractivity contribution in [2.75, 3.05) is 5.32 Å². The average molecular weight is 315 g/mol. The summed E-state index contributed by atoms with van der Waals surface area (Å²) in [6.45, 7) is 0. The molecule has 0 radical (unpaired) electrons. The van der Waals surface area contributed by atoms with Crippen molar-refractivity contribution < 1.29 is 14.6 Å². The molecule has 0 saturated heterocycles. The molecule has 3 aliphatic rings. The Balaban J connectivity index is 1.32. The number of fused-ring (bicyclic) bond motifs is 1. The number of benzene rings is 1. The summed E-state index contributed by atoms with van der Waals surface area (Å²) in [5, 5.41) is 13.0. The fraction of sp³-hybridized carbons (Fsp3) is 0.632. The van der Waals surface area contributed by atoms with E-state index in [0.29, 0.717) is 11.8 Å². The molecule has 3 fully saturated rings. The minimum Gasteiger partial charge on any atom is -0.488 e. The fourth-order valence-corrected chi connectivity index (χ4v) is 4.44. The highest BCUT2D eigenvalue weighted by Gasteiger charge is 2.56. The van der Waals surface area contributed by atoms with Gasteiger partial charge in [-0.1, -0.05) is 12.8 Å². The molecule has 0 aromatic heterocycles. The number of amides is 1. The Labute approximate surface area is 137 Å². The van der Waals surface area contributed by atoms with Gasteiger partial charge in [0.1, 0.15) is 11.9 Å². The zero-order valence-electron chi connectivity index (χ0n) is 13.4. The van der Waals surface area contributed by atoms with E-state index in [1.807, 2.05) is 24.3 Å². The molecule has 3 aliphatic carbocycles. The molecule has 2 N–H and O–H groups in total. The Morgan fingerprint density at radius 2 is 1.70 bits per heavy atom. The first kappa shape index (κ1) is 15.0. The minimum absolute atomic E-state index is 0.102. The summed E-state index contributed by atoms with van der Waals surface area (Å²) in [5.41, 5.74) is 0.830. The van der Waals surface area contributed by atoms with Gasteiger partial charge < -0.3 is 15.2 Å². The second-order valence-electron chi connectivity index (χ2n) is 7.31. The van der Waals surface area contributed by atoms with E-state index in [1.54, 1.807) is 0 Å². The second kappa shape index (κ2) is 6.16. The number of carbonyl (C=O) groups excluding carboxylic acids is 1. The van der Waals surface area contributed by atoms with Crippen LogP contribution in [0.1, 0.15) is 44.9 Å².